The predicted molar refractivity (Wildman–Crippen MR) is 88.9 cm³/mol. The number of methoxy groups -OCH3 is 1. The Balaban J connectivity index is 1.92. The third kappa shape index (κ3) is 3.07. The van der Waals surface area contributed by atoms with Gasteiger partial charge >= 0.3 is 5.97 Å². The number of likely N-dealkylation sites (N-methyl/N-ethyl adjacent to an activating group) is 1. The van der Waals surface area contributed by atoms with Gasteiger partial charge < -0.3 is 9.64 Å². The average molecular weight is 314 g/mol. The molecule has 1 aliphatic rings. The number of carbonyl (C=O) groups excluding carboxylic acids is 1. The van der Waals surface area contributed by atoms with E-state index in [0.29, 0.717) is 6.54 Å². The lowest BCUT2D eigenvalue weighted by Gasteiger charge is -2.38. The molecular weight excluding hydrogens is 292 g/mol. The lowest BCUT2D eigenvalue weighted by molar-refractivity contribution is -0.146. The van der Waals surface area contributed by atoms with Crippen LogP contribution in [0.1, 0.15) is 5.69 Å². The van der Waals surface area contributed by atoms with Crippen LogP contribution in [0.5, 0.6) is 0 Å². The van der Waals surface area contributed by atoms with Crippen LogP contribution >= 0.6 is 0 Å². The van der Waals surface area contributed by atoms with Crippen molar-refractivity contribution in [1.82, 2.24) is 14.7 Å². The zero-order valence-electron chi connectivity index (χ0n) is 13.8. The summed E-state index contributed by atoms with van der Waals surface area (Å²) in [6.45, 7) is 4.23. The normalized spacial score (nSPS) is 18.9. The Morgan fingerprint density at radius 3 is 2.70 bits per heavy atom. The molecule has 2 heterocycles. The van der Waals surface area contributed by atoms with Gasteiger partial charge in [0.25, 0.3) is 0 Å². The minimum absolute atomic E-state index is 0.195. The molecule has 23 heavy (non-hydrogen) atoms. The van der Waals surface area contributed by atoms with Crippen LogP contribution in [0.25, 0.3) is 5.69 Å². The van der Waals surface area contributed by atoms with Crippen molar-refractivity contribution in [3.63, 3.8) is 0 Å². The fraction of sp³-hybridized carbons (Fsp3) is 0.412. The second-order valence-electron chi connectivity index (χ2n) is 5.86. The molecule has 0 saturated carbocycles. The molecule has 1 saturated heterocycles. The van der Waals surface area contributed by atoms with Gasteiger partial charge in [0, 0.05) is 25.7 Å². The van der Waals surface area contributed by atoms with E-state index in [9.17, 15) is 4.79 Å². The van der Waals surface area contributed by atoms with E-state index < -0.39 is 0 Å². The first kappa shape index (κ1) is 15.6. The van der Waals surface area contributed by atoms with Gasteiger partial charge in [0.05, 0.1) is 18.5 Å². The van der Waals surface area contributed by atoms with Crippen molar-refractivity contribution in [2.75, 3.05) is 38.7 Å². The van der Waals surface area contributed by atoms with E-state index >= 15 is 0 Å². The molecule has 0 spiro atoms. The summed E-state index contributed by atoms with van der Waals surface area (Å²) in [5.41, 5.74) is 1.97. The first-order chi connectivity index (χ1) is 11.1. The first-order valence-corrected chi connectivity index (χ1v) is 7.75. The number of piperazine rings is 1. The van der Waals surface area contributed by atoms with Crippen molar-refractivity contribution < 1.29 is 9.53 Å². The highest BCUT2D eigenvalue weighted by Crippen LogP contribution is 2.23. The number of para-hydroxylation sites is 1. The highest BCUT2D eigenvalue weighted by atomic mass is 16.5. The number of carbonyl (C=O) groups is 1. The van der Waals surface area contributed by atoms with Gasteiger partial charge in [-0.1, -0.05) is 18.2 Å². The van der Waals surface area contributed by atoms with E-state index in [0.717, 1.165) is 30.3 Å². The van der Waals surface area contributed by atoms with Gasteiger partial charge in [-0.3, -0.25) is 9.69 Å². The minimum atomic E-state index is -0.256. The number of anilines is 1. The van der Waals surface area contributed by atoms with Gasteiger partial charge in [-0.15, -0.1) is 0 Å². The highest BCUT2D eigenvalue weighted by molar-refractivity contribution is 5.77. The Labute approximate surface area is 136 Å². The quantitative estimate of drug-likeness (QED) is 0.803. The standard InChI is InChI=1S/C17H22N4O2/c1-13-11-16(21(18-13)14-7-5-4-6-8-14)20-10-9-19(2)15(12-20)17(22)23-3/h4-8,11,15H,9-10,12H2,1-3H3/t15-/m0/s1. The first-order valence-electron chi connectivity index (χ1n) is 7.75. The molecule has 1 atom stereocenters. The second-order valence-corrected chi connectivity index (χ2v) is 5.86. The molecule has 0 amide bonds. The number of benzene rings is 1. The van der Waals surface area contributed by atoms with Crippen LogP contribution in [0.2, 0.25) is 0 Å². The molecule has 0 bridgehead atoms. The molecule has 2 aromatic rings. The maximum atomic E-state index is 12.0. The van der Waals surface area contributed by atoms with Crippen molar-refractivity contribution in [1.29, 1.82) is 0 Å². The third-order valence-corrected chi connectivity index (χ3v) is 4.26. The molecule has 3 rings (SSSR count). The summed E-state index contributed by atoms with van der Waals surface area (Å²) in [6.07, 6.45) is 0. The third-order valence-electron chi connectivity index (χ3n) is 4.26. The zero-order chi connectivity index (χ0) is 16.4. The molecule has 1 fully saturated rings. The molecule has 0 radical (unpaired) electrons. The van der Waals surface area contributed by atoms with E-state index in [2.05, 4.69) is 16.1 Å². The van der Waals surface area contributed by atoms with Crippen molar-refractivity contribution in [3.05, 3.63) is 42.1 Å². The SMILES string of the molecule is COC(=O)[C@@H]1CN(c2cc(C)nn2-c2ccccc2)CCN1C. The summed E-state index contributed by atoms with van der Waals surface area (Å²) >= 11 is 0. The fourth-order valence-corrected chi connectivity index (χ4v) is 2.94. The smallest absolute Gasteiger partial charge is 0.324 e. The molecule has 6 heteroatoms. The van der Waals surface area contributed by atoms with Gasteiger partial charge in [-0.05, 0) is 26.1 Å². The molecule has 0 N–H and O–H groups in total. The summed E-state index contributed by atoms with van der Waals surface area (Å²) in [4.78, 5) is 16.2. The van der Waals surface area contributed by atoms with E-state index in [1.54, 1.807) is 0 Å². The summed E-state index contributed by atoms with van der Waals surface area (Å²) < 4.78 is 6.87. The Kier molecular flexibility index (Phi) is 4.34. The van der Waals surface area contributed by atoms with Crippen LogP contribution in [0.3, 0.4) is 0 Å². The molecule has 0 unspecified atom stereocenters. The largest absolute Gasteiger partial charge is 0.468 e. The van der Waals surface area contributed by atoms with Crippen molar-refractivity contribution in [3.8, 4) is 5.69 Å². The van der Waals surface area contributed by atoms with Gasteiger partial charge in [0.2, 0.25) is 0 Å². The molecular formula is C17H22N4O2. The number of ether oxygens (including phenoxy) is 1. The molecule has 1 aromatic carbocycles. The predicted octanol–water partition coefficient (Wildman–Crippen LogP) is 1.47. The fourth-order valence-electron chi connectivity index (χ4n) is 2.94. The van der Waals surface area contributed by atoms with E-state index in [1.165, 1.54) is 7.11 Å². The van der Waals surface area contributed by atoms with Crippen molar-refractivity contribution in [2.24, 2.45) is 0 Å². The number of aryl methyl sites for hydroxylation is 1. The van der Waals surface area contributed by atoms with E-state index in [-0.39, 0.29) is 12.0 Å². The maximum Gasteiger partial charge on any atom is 0.324 e. The van der Waals surface area contributed by atoms with Crippen LogP contribution in [0.4, 0.5) is 5.82 Å². The van der Waals surface area contributed by atoms with Crippen LogP contribution < -0.4 is 4.90 Å². The maximum absolute atomic E-state index is 12.0. The van der Waals surface area contributed by atoms with Crippen LogP contribution in [-0.4, -0.2) is 60.5 Å². The molecule has 0 aliphatic carbocycles. The van der Waals surface area contributed by atoms with Crippen molar-refractivity contribution >= 4 is 11.8 Å². The van der Waals surface area contributed by atoms with E-state index in [4.69, 9.17) is 4.74 Å². The average Bonchev–Trinajstić information content (AvgIpc) is 2.97. The highest BCUT2D eigenvalue weighted by Gasteiger charge is 2.32. The monoisotopic (exact) mass is 314 g/mol. The zero-order valence-corrected chi connectivity index (χ0v) is 13.8. The number of rotatable bonds is 3. The van der Waals surface area contributed by atoms with Crippen molar-refractivity contribution in [2.45, 2.75) is 13.0 Å². The Hall–Kier alpha value is -2.34. The summed E-state index contributed by atoms with van der Waals surface area (Å²) in [5, 5.41) is 4.61. The van der Waals surface area contributed by atoms with Crippen LogP contribution in [0, 0.1) is 6.92 Å². The summed E-state index contributed by atoms with van der Waals surface area (Å²) in [7, 11) is 3.39. The molecule has 6 nitrogen and oxygen atoms in total. The van der Waals surface area contributed by atoms with Gasteiger partial charge in [0.15, 0.2) is 0 Å². The molecule has 1 aliphatic heterocycles. The summed E-state index contributed by atoms with van der Waals surface area (Å²) in [6, 6.07) is 11.9. The van der Waals surface area contributed by atoms with Gasteiger partial charge in [-0.2, -0.15) is 5.10 Å². The van der Waals surface area contributed by atoms with E-state index in [1.807, 2.05) is 53.9 Å². The Morgan fingerprint density at radius 1 is 1.26 bits per heavy atom. The van der Waals surface area contributed by atoms with Gasteiger partial charge in [0.1, 0.15) is 11.9 Å². The number of esters is 1. The Bertz CT molecular complexity index is 683. The minimum Gasteiger partial charge on any atom is -0.468 e. The number of hydrogen-bond donors (Lipinski definition) is 0. The Morgan fingerprint density at radius 2 is 2.00 bits per heavy atom. The van der Waals surface area contributed by atoms with Crippen LogP contribution in [-0.2, 0) is 9.53 Å². The molecule has 1 aromatic heterocycles. The number of hydrogen-bond acceptors (Lipinski definition) is 5. The van der Waals surface area contributed by atoms with Gasteiger partial charge in [-0.25, -0.2) is 4.68 Å². The number of nitrogens with zero attached hydrogens (tertiary/aromatic N) is 4. The molecule has 122 valence electrons. The lowest BCUT2D eigenvalue weighted by Crippen LogP contribution is -2.55. The number of aromatic nitrogens is 2. The summed E-state index contributed by atoms with van der Waals surface area (Å²) in [5.74, 6) is 0.815. The van der Waals surface area contributed by atoms with Crippen LogP contribution in [0.15, 0.2) is 36.4 Å². The lowest BCUT2D eigenvalue weighted by atomic mass is 10.2. The topological polar surface area (TPSA) is 50.6 Å². The second kappa shape index (κ2) is 6.42.